The number of hydrogen-bond acceptors (Lipinski definition) is 6. The molecule has 6 rings (SSSR count). The first-order valence-electron chi connectivity index (χ1n) is 12.5. The SMILES string of the molecule is O=C(c1ccccc1)c1ccc2c(c1)S(=O)CN2CCOc1ccc(CC2C(=O)Oc3ccccc32)cc1. The van der Waals surface area contributed by atoms with Crippen molar-refractivity contribution in [1.82, 2.24) is 0 Å². The molecule has 0 spiro atoms. The van der Waals surface area contributed by atoms with Crippen molar-refractivity contribution < 1.29 is 23.3 Å². The molecule has 2 aliphatic heterocycles. The van der Waals surface area contributed by atoms with Crippen LogP contribution in [0.2, 0.25) is 0 Å². The van der Waals surface area contributed by atoms with Gasteiger partial charge in [-0.05, 0) is 48.4 Å². The summed E-state index contributed by atoms with van der Waals surface area (Å²) in [5, 5.41) is 0. The molecule has 190 valence electrons. The van der Waals surface area contributed by atoms with Crippen LogP contribution in [0.1, 0.15) is 33.0 Å². The van der Waals surface area contributed by atoms with Crippen molar-refractivity contribution in [3.63, 3.8) is 0 Å². The summed E-state index contributed by atoms with van der Waals surface area (Å²) in [6.45, 7) is 0.986. The molecule has 2 aliphatic rings. The van der Waals surface area contributed by atoms with E-state index in [9.17, 15) is 13.8 Å². The first-order valence-corrected chi connectivity index (χ1v) is 13.8. The standard InChI is InChI=1S/C31H25NO5S/c33-30(22-6-2-1-3-7-22)23-12-15-27-29(19-23)38(35)20-32(27)16-17-36-24-13-10-21(11-14-24)18-26-25-8-4-5-9-28(25)37-31(26)34/h1-15,19,26H,16-18,20H2. The highest BCUT2D eigenvalue weighted by Gasteiger charge is 2.32. The van der Waals surface area contributed by atoms with Crippen LogP contribution in [0.15, 0.2) is 102 Å². The Hall–Kier alpha value is -4.23. The van der Waals surface area contributed by atoms with Crippen molar-refractivity contribution in [2.24, 2.45) is 0 Å². The molecule has 0 saturated carbocycles. The maximum atomic E-state index is 12.8. The van der Waals surface area contributed by atoms with Gasteiger partial charge in [-0.1, -0.05) is 60.7 Å². The minimum Gasteiger partial charge on any atom is -0.492 e. The molecule has 0 radical (unpaired) electrons. The highest BCUT2D eigenvalue weighted by molar-refractivity contribution is 7.85. The van der Waals surface area contributed by atoms with E-state index in [2.05, 4.69) is 0 Å². The van der Waals surface area contributed by atoms with Crippen LogP contribution < -0.4 is 14.4 Å². The van der Waals surface area contributed by atoms with E-state index in [1.807, 2.05) is 77.7 Å². The van der Waals surface area contributed by atoms with Gasteiger partial charge < -0.3 is 14.4 Å². The Morgan fingerprint density at radius 3 is 2.50 bits per heavy atom. The minimum atomic E-state index is -1.20. The maximum absolute atomic E-state index is 12.8. The number of para-hydroxylation sites is 1. The number of carbonyl (C=O) groups is 2. The second-order valence-electron chi connectivity index (χ2n) is 9.32. The monoisotopic (exact) mass is 523 g/mol. The minimum absolute atomic E-state index is 0.0790. The van der Waals surface area contributed by atoms with Crippen LogP contribution in [0.3, 0.4) is 0 Å². The van der Waals surface area contributed by atoms with Crippen LogP contribution >= 0.6 is 0 Å². The van der Waals surface area contributed by atoms with Crippen LogP contribution in [0, 0.1) is 0 Å². The normalized spacial score (nSPS) is 17.6. The van der Waals surface area contributed by atoms with E-state index in [0.29, 0.717) is 47.2 Å². The molecule has 38 heavy (non-hydrogen) atoms. The van der Waals surface area contributed by atoms with E-state index < -0.39 is 10.8 Å². The van der Waals surface area contributed by atoms with Gasteiger partial charge in [-0.15, -0.1) is 0 Å². The fraction of sp³-hybridized carbons (Fsp3) is 0.161. The quantitative estimate of drug-likeness (QED) is 0.181. The summed E-state index contributed by atoms with van der Waals surface area (Å²) in [5.74, 6) is 1.16. The third-order valence-corrected chi connectivity index (χ3v) is 8.26. The first-order chi connectivity index (χ1) is 18.6. The molecule has 2 unspecified atom stereocenters. The van der Waals surface area contributed by atoms with E-state index in [-0.39, 0.29) is 17.7 Å². The summed E-state index contributed by atoms with van der Waals surface area (Å²) < 4.78 is 24.1. The van der Waals surface area contributed by atoms with E-state index in [4.69, 9.17) is 9.47 Å². The molecule has 0 N–H and O–H groups in total. The zero-order chi connectivity index (χ0) is 26.1. The summed E-state index contributed by atoms with van der Waals surface area (Å²) in [6, 6.07) is 29.8. The van der Waals surface area contributed by atoms with E-state index in [1.54, 1.807) is 24.3 Å². The van der Waals surface area contributed by atoms with Gasteiger partial charge in [0.15, 0.2) is 5.78 Å². The van der Waals surface area contributed by atoms with Gasteiger partial charge in [0, 0.05) is 16.7 Å². The molecule has 0 aromatic heterocycles. The topological polar surface area (TPSA) is 72.9 Å². The molecule has 2 heterocycles. The number of ketones is 1. The number of ether oxygens (including phenoxy) is 2. The smallest absolute Gasteiger partial charge is 0.319 e. The van der Waals surface area contributed by atoms with Gasteiger partial charge in [0.2, 0.25) is 0 Å². The molecular formula is C31H25NO5S. The number of benzene rings is 4. The summed E-state index contributed by atoms with van der Waals surface area (Å²) in [5.41, 5.74) is 3.98. The second kappa shape index (κ2) is 10.3. The summed E-state index contributed by atoms with van der Waals surface area (Å²) in [4.78, 5) is 27.8. The van der Waals surface area contributed by atoms with Crippen LogP contribution in [0.4, 0.5) is 5.69 Å². The lowest BCUT2D eigenvalue weighted by Gasteiger charge is -2.18. The van der Waals surface area contributed by atoms with Crippen LogP contribution in [0.25, 0.3) is 0 Å². The molecule has 6 nitrogen and oxygen atoms in total. The molecule has 7 heteroatoms. The Kier molecular flexibility index (Phi) is 6.52. The Balaban J connectivity index is 1.06. The second-order valence-corrected chi connectivity index (χ2v) is 10.7. The predicted octanol–water partition coefficient (Wildman–Crippen LogP) is 5.13. The average molecular weight is 524 g/mol. The number of anilines is 1. The molecular weight excluding hydrogens is 498 g/mol. The lowest BCUT2D eigenvalue weighted by molar-refractivity contribution is -0.134. The molecule has 0 bridgehead atoms. The van der Waals surface area contributed by atoms with Crippen molar-refractivity contribution in [2.75, 3.05) is 23.9 Å². The van der Waals surface area contributed by atoms with Gasteiger partial charge in [-0.2, -0.15) is 0 Å². The number of nitrogens with zero attached hydrogens (tertiary/aromatic N) is 1. The van der Waals surface area contributed by atoms with Crippen LogP contribution in [-0.2, 0) is 22.0 Å². The third-order valence-electron chi connectivity index (χ3n) is 6.90. The van der Waals surface area contributed by atoms with Gasteiger partial charge in [0.05, 0.1) is 39.7 Å². The number of fused-ring (bicyclic) bond motifs is 2. The molecule has 0 fully saturated rings. The Bertz CT molecular complexity index is 1530. The fourth-order valence-corrected chi connectivity index (χ4v) is 6.29. The van der Waals surface area contributed by atoms with Crippen molar-refractivity contribution >= 4 is 28.2 Å². The van der Waals surface area contributed by atoms with Gasteiger partial charge >= 0.3 is 5.97 Å². The summed E-state index contributed by atoms with van der Waals surface area (Å²) >= 11 is 0. The van der Waals surface area contributed by atoms with Gasteiger partial charge in [0.1, 0.15) is 18.1 Å². The zero-order valence-corrected chi connectivity index (χ0v) is 21.4. The number of esters is 1. The lowest BCUT2D eigenvalue weighted by Crippen LogP contribution is -2.26. The third kappa shape index (κ3) is 4.73. The van der Waals surface area contributed by atoms with E-state index in [1.165, 1.54) is 0 Å². The number of rotatable bonds is 8. The zero-order valence-electron chi connectivity index (χ0n) is 20.5. The van der Waals surface area contributed by atoms with Crippen molar-refractivity contribution in [1.29, 1.82) is 0 Å². The maximum Gasteiger partial charge on any atom is 0.319 e. The predicted molar refractivity (Wildman–Crippen MR) is 145 cm³/mol. The number of hydrogen-bond donors (Lipinski definition) is 0. The Morgan fingerprint density at radius 2 is 1.68 bits per heavy atom. The van der Waals surface area contributed by atoms with Crippen molar-refractivity contribution in [3.05, 3.63) is 119 Å². The molecule has 0 saturated heterocycles. The molecule has 4 aromatic rings. The molecule has 4 aromatic carbocycles. The summed E-state index contributed by atoms with van der Waals surface area (Å²) in [7, 11) is -1.20. The van der Waals surface area contributed by atoms with E-state index in [0.717, 1.165) is 22.6 Å². The molecule has 0 aliphatic carbocycles. The van der Waals surface area contributed by atoms with Crippen LogP contribution in [-0.4, -0.2) is 35.0 Å². The number of carbonyl (C=O) groups excluding carboxylic acids is 2. The molecule has 2 atom stereocenters. The first kappa shape index (κ1) is 24.1. The Labute approximate surface area is 223 Å². The summed E-state index contributed by atoms with van der Waals surface area (Å²) in [6.07, 6.45) is 0.571. The lowest BCUT2D eigenvalue weighted by atomic mass is 9.93. The van der Waals surface area contributed by atoms with Crippen molar-refractivity contribution in [3.8, 4) is 11.5 Å². The average Bonchev–Trinajstić information content (AvgIpc) is 3.44. The van der Waals surface area contributed by atoms with Crippen molar-refractivity contribution in [2.45, 2.75) is 17.2 Å². The largest absolute Gasteiger partial charge is 0.492 e. The Morgan fingerprint density at radius 1 is 0.921 bits per heavy atom. The van der Waals surface area contributed by atoms with Crippen LogP contribution in [0.5, 0.6) is 11.5 Å². The molecule has 0 amide bonds. The van der Waals surface area contributed by atoms with Gasteiger partial charge in [-0.3, -0.25) is 13.8 Å². The van der Waals surface area contributed by atoms with Gasteiger partial charge in [-0.25, -0.2) is 0 Å². The highest BCUT2D eigenvalue weighted by atomic mass is 32.2. The van der Waals surface area contributed by atoms with Gasteiger partial charge in [0.25, 0.3) is 0 Å². The van der Waals surface area contributed by atoms with E-state index >= 15 is 0 Å². The fourth-order valence-electron chi connectivity index (χ4n) is 4.91. The highest BCUT2D eigenvalue weighted by Crippen LogP contribution is 2.37.